The number of hydrogen-bond acceptors (Lipinski definition) is 7. The first-order chi connectivity index (χ1) is 17.4. The van der Waals surface area contributed by atoms with Crippen LogP contribution in [0, 0.1) is 0 Å². The summed E-state index contributed by atoms with van der Waals surface area (Å²) in [7, 11) is 0. The Hall–Kier alpha value is -2.59. The number of amides is 1. The van der Waals surface area contributed by atoms with E-state index in [1.54, 1.807) is 29.6 Å². The molecule has 2 aromatic heterocycles. The highest BCUT2D eigenvalue weighted by atomic mass is 79.9. The lowest BCUT2D eigenvalue weighted by Gasteiger charge is -2.52. The molecule has 0 unspecified atom stereocenters. The minimum Gasteiger partial charge on any atom is -0.444 e. The Morgan fingerprint density at radius 2 is 1.73 bits per heavy atom. The van der Waals surface area contributed by atoms with Gasteiger partial charge in [0.2, 0.25) is 0 Å². The fraction of sp³-hybridized carbons (Fsp3) is 0.321. The van der Waals surface area contributed by atoms with Crippen LogP contribution in [0.5, 0.6) is 0 Å². The fourth-order valence-electron chi connectivity index (χ4n) is 4.82. The predicted molar refractivity (Wildman–Crippen MR) is 153 cm³/mol. The molecular weight excluding hydrogens is 570 g/mol. The van der Waals surface area contributed by atoms with Gasteiger partial charge in [-0.3, -0.25) is 0 Å². The molecule has 0 aliphatic heterocycles. The van der Waals surface area contributed by atoms with Crippen molar-refractivity contribution in [2.24, 2.45) is 0 Å². The van der Waals surface area contributed by atoms with Gasteiger partial charge in [0, 0.05) is 24.6 Å². The molecule has 2 N–H and O–H groups in total. The van der Waals surface area contributed by atoms with Crippen LogP contribution in [0.3, 0.4) is 0 Å². The summed E-state index contributed by atoms with van der Waals surface area (Å²) in [5, 5.41) is 14.5. The van der Waals surface area contributed by atoms with Crippen molar-refractivity contribution < 1.29 is 14.6 Å². The average Bonchev–Trinajstić information content (AvgIpc) is 3.44. The van der Waals surface area contributed by atoms with Crippen molar-refractivity contribution in [1.29, 1.82) is 0 Å². The Morgan fingerprint density at radius 3 is 2.30 bits per heavy atom. The van der Waals surface area contributed by atoms with E-state index in [1.165, 1.54) is 0 Å². The summed E-state index contributed by atoms with van der Waals surface area (Å²) in [5.41, 5.74) is 1.77. The molecule has 37 heavy (non-hydrogen) atoms. The molecule has 0 radical (unpaired) electrons. The lowest BCUT2D eigenvalue weighted by Crippen LogP contribution is -2.62. The number of ether oxygens (including phenoxy) is 1. The highest BCUT2D eigenvalue weighted by Gasteiger charge is 2.53. The number of carbonyl (C=O) groups is 1. The predicted octanol–water partition coefficient (Wildman–Crippen LogP) is 7.63. The number of aliphatic hydroxyl groups is 1. The van der Waals surface area contributed by atoms with Gasteiger partial charge in [-0.1, -0.05) is 54.6 Å². The number of alkyl carbamates (subject to hydrolysis) is 1. The molecule has 5 rings (SSSR count). The topological polar surface area (TPSA) is 84.3 Å². The Kier molecular flexibility index (Phi) is 6.77. The molecular formula is C28H28BrN3O3S2. The second kappa shape index (κ2) is 9.62. The second-order valence-corrected chi connectivity index (χ2v) is 14.0. The Balaban J connectivity index is 1.50. The molecule has 1 saturated carbocycles. The lowest BCUT2D eigenvalue weighted by atomic mass is 9.62. The first kappa shape index (κ1) is 26.0. The number of rotatable bonds is 5. The van der Waals surface area contributed by atoms with E-state index in [2.05, 4.69) is 38.4 Å². The number of nitrogens with zero attached hydrogens (tertiary/aromatic N) is 2. The molecule has 1 fully saturated rings. The zero-order chi connectivity index (χ0) is 26.4. The van der Waals surface area contributed by atoms with E-state index in [1.807, 2.05) is 69.4 Å². The zero-order valence-electron chi connectivity index (χ0n) is 21.0. The highest BCUT2D eigenvalue weighted by Crippen LogP contribution is 2.49. The molecule has 9 heteroatoms. The van der Waals surface area contributed by atoms with Gasteiger partial charge in [0.25, 0.3) is 0 Å². The molecule has 6 nitrogen and oxygen atoms in total. The normalized spacial score (nSPS) is 21.4. The van der Waals surface area contributed by atoms with Crippen molar-refractivity contribution in [2.45, 2.75) is 57.3 Å². The van der Waals surface area contributed by atoms with Gasteiger partial charge >= 0.3 is 6.09 Å². The summed E-state index contributed by atoms with van der Waals surface area (Å²) in [6, 6.07) is 18.3. The van der Waals surface area contributed by atoms with Crippen molar-refractivity contribution in [3.63, 3.8) is 0 Å². The minimum atomic E-state index is -0.846. The van der Waals surface area contributed by atoms with E-state index in [9.17, 15) is 9.90 Å². The average molecular weight is 599 g/mol. The standard InChI is InChI=1S/C28H28BrN3O3S2/c1-26(2,3)35-25(33)32-28(15-27(4,34)16-28)19-12-10-17(11-13-19)21-22(18-8-6-5-7-9-18)37-23(31-21)20-14-30-24(29)36-20/h5-14,34H,15-16H2,1-4H3,(H,32,33). The molecule has 1 amide bonds. The van der Waals surface area contributed by atoms with Crippen molar-refractivity contribution in [2.75, 3.05) is 0 Å². The van der Waals surface area contributed by atoms with Gasteiger partial charge in [-0.25, -0.2) is 14.8 Å². The zero-order valence-corrected chi connectivity index (χ0v) is 24.3. The van der Waals surface area contributed by atoms with Crippen molar-refractivity contribution in [1.82, 2.24) is 15.3 Å². The van der Waals surface area contributed by atoms with Crippen molar-refractivity contribution in [3.05, 3.63) is 70.3 Å². The first-order valence-corrected chi connectivity index (χ1v) is 14.4. The summed E-state index contributed by atoms with van der Waals surface area (Å²) in [5.74, 6) is 0. The second-order valence-electron chi connectivity index (χ2n) is 10.7. The van der Waals surface area contributed by atoms with Crippen LogP contribution < -0.4 is 5.32 Å². The molecule has 0 spiro atoms. The number of aromatic nitrogens is 2. The monoisotopic (exact) mass is 597 g/mol. The molecule has 0 saturated heterocycles. The highest BCUT2D eigenvalue weighted by molar-refractivity contribution is 9.11. The van der Waals surface area contributed by atoms with Crippen LogP contribution in [0.1, 0.15) is 46.1 Å². The number of nitrogens with one attached hydrogen (secondary N) is 1. The van der Waals surface area contributed by atoms with E-state index in [-0.39, 0.29) is 0 Å². The van der Waals surface area contributed by atoms with Crippen LogP contribution in [-0.2, 0) is 10.3 Å². The quantitative estimate of drug-likeness (QED) is 0.247. The number of benzene rings is 2. The molecule has 1 aliphatic rings. The third-order valence-corrected chi connectivity index (χ3v) is 8.92. The first-order valence-electron chi connectivity index (χ1n) is 12.0. The Labute approximate surface area is 232 Å². The summed E-state index contributed by atoms with van der Waals surface area (Å²) in [6.07, 6.45) is 2.17. The summed E-state index contributed by atoms with van der Waals surface area (Å²) in [4.78, 5) is 24.1. The number of halogens is 1. The maximum atomic E-state index is 12.6. The van der Waals surface area contributed by atoms with Gasteiger partial charge in [0.15, 0.2) is 3.92 Å². The van der Waals surface area contributed by atoms with E-state index >= 15 is 0 Å². The van der Waals surface area contributed by atoms with Gasteiger partial charge in [0.05, 0.1) is 26.6 Å². The van der Waals surface area contributed by atoms with Crippen molar-refractivity contribution >= 4 is 44.7 Å². The maximum Gasteiger partial charge on any atom is 0.408 e. The fourth-order valence-corrected chi connectivity index (χ4v) is 7.22. The Morgan fingerprint density at radius 1 is 1.05 bits per heavy atom. The van der Waals surface area contributed by atoms with E-state index in [0.29, 0.717) is 12.8 Å². The van der Waals surface area contributed by atoms with Crippen LogP contribution in [0.25, 0.3) is 31.6 Å². The molecule has 192 valence electrons. The molecule has 0 atom stereocenters. The maximum absolute atomic E-state index is 12.6. The van der Waals surface area contributed by atoms with Gasteiger partial charge in [0.1, 0.15) is 10.6 Å². The summed E-state index contributed by atoms with van der Waals surface area (Å²) >= 11 is 6.65. The summed E-state index contributed by atoms with van der Waals surface area (Å²) in [6.45, 7) is 7.30. The van der Waals surface area contributed by atoms with Crippen LogP contribution in [-0.4, -0.2) is 32.4 Å². The molecule has 1 aliphatic carbocycles. The Bertz CT molecular complexity index is 1420. The minimum absolute atomic E-state index is 0.412. The van der Waals surface area contributed by atoms with Crippen LogP contribution >= 0.6 is 38.6 Å². The van der Waals surface area contributed by atoms with E-state index in [0.717, 1.165) is 41.1 Å². The van der Waals surface area contributed by atoms with Crippen LogP contribution in [0.4, 0.5) is 4.79 Å². The van der Waals surface area contributed by atoms with Crippen LogP contribution in [0.15, 0.2) is 64.7 Å². The molecule has 2 heterocycles. The number of thiazole rings is 2. The smallest absolute Gasteiger partial charge is 0.408 e. The number of hydrogen-bond donors (Lipinski definition) is 2. The SMILES string of the molecule is CC1(O)CC(NC(=O)OC(C)(C)C)(c2ccc(-c3nc(-c4cnc(Br)s4)sc3-c3ccccc3)cc2)C1. The van der Waals surface area contributed by atoms with Gasteiger partial charge in [-0.2, -0.15) is 0 Å². The van der Waals surface area contributed by atoms with E-state index < -0.39 is 22.8 Å². The lowest BCUT2D eigenvalue weighted by molar-refractivity contribution is -0.0892. The van der Waals surface area contributed by atoms with Gasteiger partial charge in [-0.15, -0.1) is 22.7 Å². The van der Waals surface area contributed by atoms with Gasteiger partial charge < -0.3 is 15.2 Å². The third-order valence-electron chi connectivity index (χ3n) is 6.17. The van der Waals surface area contributed by atoms with Crippen LogP contribution in [0.2, 0.25) is 0 Å². The number of carbonyl (C=O) groups excluding carboxylic acids is 1. The molecule has 4 aromatic rings. The largest absolute Gasteiger partial charge is 0.444 e. The van der Waals surface area contributed by atoms with Crippen molar-refractivity contribution in [3.8, 4) is 31.6 Å². The summed E-state index contributed by atoms with van der Waals surface area (Å²) < 4.78 is 6.34. The van der Waals surface area contributed by atoms with Gasteiger partial charge in [-0.05, 0) is 54.8 Å². The third kappa shape index (κ3) is 5.65. The van der Waals surface area contributed by atoms with E-state index in [4.69, 9.17) is 9.72 Å². The molecule has 2 aromatic carbocycles. The molecule has 0 bridgehead atoms.